The van der Waals surface area contributed by atoms with Crippen molar-refractivity contribution in [3.63, 3.8) is 0 Å². The third-order valence-electron chi connectivity index (χ3n) is 3.95. The molecule has 2 amide bonds. The molecule has 114 valence electrons. The first-order valence-electron chi connectivity index (χ1n) is 7.61. The lowest BCUT2D eigenvalue weighted by molar-refractivity contribution is -0.126. The van der Waals surface area contributed by atoms with Gasteiger partial charge in [-0.1, -0.05) is 39.8 Å². The van der Waals surface area contributed by atoms with Crippen LogP contribution in [0.15, 0.2) is 24.3 Å². The molecule has 0 bridgehead atoms. The van der Waals surface area contributed by atoms with E-state index < -0.39 is 6.04 Å². The lowest BCUT2D eigenvalue weighted by atomic mass is 10.0. The van der Waals surface area contributed by atoms with Crippen molar-refractivity contribution >= 4 is 17.5 Å². The first-order chi connectivity index (χ1) is 9.90. The normalized spacial score (nSPS) is 19.9. The smallest absolute Gasteiger partial charge is 0.249 e. The molecule has 1 fully saturated rings. The van der Waals surface area contributed by atoms with Gasteiger partial charge in [0, 0.05) is 18.7 Å². The fourth-order valence-electron chi connectivity index (χ4n) is 2.55. The summed E-state index contributed by atoms with van der Waals surface area (Å²) in [4.78, 5) is 26.2. The summed E-state index contributed by atoms with van der Waals surface area (Å²) in [6.07, 6.45) is 0.348. The topological polar surface area (TPSA) is 49.4 Å². The lowest BCUT2D eigenvalue weighted by Gasteiger charge is -2.26. The zero-order valence-electron chi connectivity index (χ0n) is 13.2. The molecule has 1 N–H and O–H groups in total. The van der Waals surface area contributed by atoms with Crippen LogP contribution >= 0.6 is 0 Å². The van der Waals surface area contributed by atoms with Crippen LogP contribution in [0.4, 0.5) is 5.69 Å². The van der Waals surface area contributed by atoms with Crippen molar-refractivity contribution in [2.75, 3.05) is 11.4 Å². The molecule has 1 aromatic carbocycles. The molecule has 1 aliphatic rings. The van der Waals surface area contributed by atoms with Crippen LogP contribution in [0.5, 0.6) is 0 Å². The van der Waals surface area contributed by atoms with Gasteiger partial charge < -0.3 is 10.2 Å². The van der Waals surface area contributed by atoms with Crippen molar-refractivity contribution in [2.24, 2.45) is 5.92 Å². The molecular formula is C17H24N2O2. The Hall–Kier alpha value is -1.84. The quantitative estimate of drug-likeness (QED) is 0.929. The summed E-state index contributed by atoms with van der Waals surface area (Å²) < 4.78 is 0. The van der Waals surface area contributed by atoms with Crippen LogP contribution in [0.25, 0.3) is 0 Å². The van der Waals surface area contributed by atoms with Crippen LogP contribution in [-0.4, -0.2) is 24.4 Å². The Morgan fingerprint density at radius 1 is 1.10 bits per heavy atom. The van der Waals surface area contributed by atoms with Gasteiger partial charge in [0.15, 0.2) is 0 Å². The maximum Gasteiger partial charge on any atom is 0.249 e. The molecule has 1 heterocycles. The average molecular weight is 288 g/mol. The van der Waals surface area contributed by atoms with Crippen molar-refractivity contribution < 1.29 is 9.59 Å². The molecular weight excluding hydrogens is 264 g/mol. The number of nitrogens with zero attached hydrogens (tertiary/aromatic N) is 1. The van der Waals surface area contributed by atoms with Gasteiger partial charge in [0.25, 0.3) is 0 Å². The van der Waals surface area contributed by atoms with Crippen LogP contribution in [0.3, 0.4) is 0 Å². The zero-order chi connectivity index (χ0) is 15.6. The summed E-state index contributed by atoms with van der Waals surface area (Å²) in [6.45, 7) is 8.63. The van der Waals surface area contributed by atoms with E-state index in [2.05, 4.69) is 31.3 Å². The van der Waals surface area contributed by atoms with Crippen LogP contribution in [0.2, 0.25) is 0 Å². The van der Waals surface area contributed by atoms with Gasteiger partial charge in [0.1, 0.15) is 6.04 Å². The third-order valence-corrected chi connectivity index (χ3v) is 3.95. The number of nitrogens with one attached hydrogen (secondary N) is 1. The Morgan fingerprint density at radius 3 is 2.24 bits per heavy atom. The van der Waals surface area contributed by atoms with Crippen molar-refractivity contribution in [1.29, 1.82) is 0 Å². The highest BCUT2D eigenvalue weighted by atomic mass is 16.2. The van der Waals surface area contributed by atoms with E-state index >= 15 is 0 Å². The van der Waals surface area contributed by atoms with Crippen LogP contribution in [-0.2, 0) is 9.59 Å². The van der Waals surface area contributed by atoms with Gasteiger partial charge in [-0.25, -0.2) is 0 Å². The SMILES string of the molecule is CC(C)c1ccc(N2CCC(=O)NC(C(C)C)C2=O)cc1. The molecule has 0 aromatic heterocycles. The van der Waals surface area contributed by atoms with Crippen molar-refractivity contribution in [1.82, 2.24) is 5.32 Å². The van der Waals surface area contributed by atoms with Gasteiger partial charge in [-0.3, -0.25) is 9.59 Å². The highest BCUT2D eigenvalue weighted by Gasteiger charge is 2.32. The second-order valence-corrected chi connectivity index (χ2v) is 6.28. The number of hydrogen-bond donors (Lipinski definition) is 1. The molecule has 1 unspecified atom stereocenters. The fraction of sp³-hybridized carbons (Fsp3) is 0.529. The lowest BCUT2D eigenvalue weighted by Crippen LogP contribution is -2.47. The summed E-state index contributed by atoms with van der Waals surface area (Å²) in [7, 11) is 0. The summed E-state index contributed by atoms with van der Waals surface area (Å²) in [5.74, 6) is 0.471. The molecule has 1 atom stereocenters. The Labute approximate surface area is 126 Å². The predicted octanol–water partition coefficient (Wildman–Crippen LogP) is 2.69. The van der Waals surface area contributed by atoms with E-state index in [9.17, 15) is 9.59 Å². The van der Waals surface area contributed by atoms with E-state index in [0.29, 0.717) is 18.9 Å². The third kappa shape index (κ3) is 3.43. The highest BCUT2D eigenvalue weighted by Crippen LogP contribution is 2.23. The van der Waals surface area contributed by atoms with E-state index in [1.807, 2.05) is 26.0 Å². The zero-order valence-corrected chi connectivity index (χ0v) is 13.2. The highest BCUT2D eigenvalue weighted by molar-refractivity contribution is 6.01. The molecule has 2 rings (SSSR count). The minimum absolute atomic E-state index is 0.0202. The minimum atomic E-state index is -0.440. The van der Waals surface area contributed by atoms with Crippen LogP contribution < -0.4 is 10.2 Å². The Morgan fingerprint density at radius 2 is 1.71 bits per heavy atom. The van der Waals surface area contributed by atoms with Crippen molar-refractivity contribution in [2.45, 2.75) is 46.1 Å². The second-order valence-electron chi connectivity index (χ2n) is 6.28. The van der Waals surface area contributed by atoms with Gasteiger partial charge in [0.2, 0.25) is 11.8 Å². The van der Waals surface area contributed by atoms with Gasteiger partial charge in [-0.05, 0) is 29.5 Å². The van der Waals surface area contributed by atoms with Crippen molar-refractivity contribution in [3.05, 3.63) is 29.8 Å². The van der Waals surface area contributed by atoms with Gasteiger partial charge >= 0.3 is 0 Å². The molecule has 4 heteroatoms. The number of hydrogen-bond acceptors (Lipinski definition) is 2. The van der Waals surface area contributed by atoms with Crippen LogP contribution in [0, 0.1) is 5.92 Å². The van der Waals surface area contributed by atoms with Crippen LogP contribution in [0.1, 0.15) is 45.6 Å². The van der Waals surface area contributed by atoms with Gasteiger partial charge in [-0.2, -0.15) is 0 Å². The molecule has 0 spiro atoms. The van der Waals surface area contributed by atoms with E-state index in [1.165, 1.54) is 5.56 Å². The fourth-order valence-corrected chi connectivity index (χ4v) is 2.55. The van der Waals surface area contributed by atoms with Gasteiger partial charge in [-0.15, -0.1) is 0 Å². The average Bonchev–Trinajstić information content (AvgIpc) is 2.58. The number of benzene rings is 1. The largest absolute Gasteiger partial charge is 0.344 e. The first-order valence-corrected chi connectivity index (χ1v) is 7.61. The number of amides is 2. The molecule has 0 radical (unpaired) electrons. The molecule has 4 nitrogen and oxygen atoms in total. The summed E-state index contributed by atoms with van der Waals surface area (Å²) in [5.41, 5.74) is 2.11. The number of anilines is 1. The molecule has 1 aliphatic heterocycles. The number of rotatable bonds is 3. The van der Waals surface area contributed by atoms with E-state index in [0.717, 1.165) is 5.69 Å². The molecule has 21 heavy (non-hydrogen) atoms. The second kappa shape index (κ2) is 6.29. The number of carbonyl (C=O) groups excluding carboxylic acids is 2. The summed E-state index contributed by atoms with van der Waals surface area (Å²) in [6, 6.07) is 7.61. The molecule has 0 aliphatic carbocycles. The van der Waals surface area contributed by atoms with E-state index in [1.54, 1.807) is 4.90 Å². The minimum Gasteiger partial charge on any atom is -0.344 e. The predicted molar refractivity (Wildman–Crippen MR) is 84.3 cm³/mol. The molecule has 1 saturated heterocycles. The summed E-state index contributed by atoms with van der Waals surface area (Å²) >= 11 is 0. The Balaban J connectivity index is 2.28. The maximum atomic E-state index is 12.7. The monoisotopic (exact) mass is 288 g/mol. The van der Waals surface area contributed by atoms with E-state index in [4.69, 9.17) is 0 Å². The van der Waals surface area contributed by atoms with Crippen molar-refractivity contribution in [3.8, 4) is 0 Å². The Kier molecular flexibility index (Phi) is 4.66. The maximum absolute atomic E-state index is 12.7. The standard InChI is InChI=1S/C17H24N2O2/c1-11(2)13-5-7-14(8-6-13)19-10-9-15(20)18-16(12(3)4)17(19)21/h5-8,11-12,16H,9-10H2,1-4H3,(H,18,20). The molecule has 1 aromatic rings. The number of carbonyl (C=O) groups is 2. The molecule has 0 saturated carbocycles. The van der Waals surface area contributed by atoms with E-state index in [-0.39, 0.29) is 17.7 Å². The first kappa shape index (κ1) is 15.5. The van der Waals surface area contributed by atoms with Gasteiger partial charge in [0.05, 0.1) is 0 Å². The Bertz CT molecular complexity index is 520. The summed E-state index contributed by atoms with van der Waals surface area (Å²) in [5, 5.41) is 2.83.